The normalized spacial score (nSPS) is 17.3. The Labute approximate surface area is 216 Å². The molecule has 0 aliphatic carbocycles. The van der Waals surface area contributed by atoms with Crippen LogP contribution in [0.25, 0.3) is 0 Å². The number of aliphatic hydroxyl groups is 1. The molecule has 206 valence electrons. The quantitative estimate of drug-likeness (QED) is 0.387. The summed E-state index contributed by atoms with van der Waals surface area (Å²) in [6.45, 7) is -0.899. The Morgan fingerprint density at radius 3 is 2.26 bits per heavy atom. The Balaban J connectivity index is 1.69. The van der Waals surface area contributed by atoms with Crippen molar-refractivity contribution in [3.63, 3.8) is 0 Å². The Morgan fingerprint density at radius 2 is 1.72 bits per heavy atom. The van der Waals surface area contributed by atoms with E-state index >= 15 is 8.78 Å². The predicted molar refractivity (Wildman–Crippen MR) is 125 cm³/mol. The molecule has 2 amide bonds. The lowest BCUT2D eigenvalue weighted by Crippen LogP contribution is -2.44. The van der Waals surface area contributed by atoms with Gasteiger partial charge in [-0.1, -0.05) is 0 Å². The molecular weight excluding hydrogens is 533 g/mol. The summed E-state index contributed by atoms with van der Waals surface area (Å²) >= 11 is 0. The number of hydrogen-bond donors (Lipinski definition) is 3. The molecule has 2 aromatic carbocycles. The number of aromatic amines is 1. The monoisotopic (exact) mass is 553 g/mol. The molecule has 14 heteroatoms. The van der Waals surface area contributed by atoms with Crippen LogP contribution in [-0.4, -0.2) is 48.0 Å². The van der Waals surface area contributed by atoms with Gasteiger partial charge in [0.25, 0.3) is 11.5 Å². The molecule has 3 N–H and O–H groups in total. The van der Waals surface area contributed by atoms with E-state index in [1.165, 1.54) is 19.2 Å². The molecule has 1 fully saturated rings. The first-order valence-electron chi connectivity index (χ1n) is 11.3. The molecule has 0 radical (unpaired) electrons. The van der Waals surface area contributed by atoms with Gasteiger partial charge >= 0.3 is 6.36 Å². The largest absolute Gasteiger partial charge is 0.573 e. The Hall–Kier alpha value is -4.46. The average molecular weight is 553 g/mol. The molecule has 9 nitrogen and oxygen atoms in total. The smallest absolute Gasteiger partial charge is 0.497 e. The van der Waals surface area contributed by atoms with Gasteiger partial charge in [0.05, 0.1) is 13.7 Å². The van der Waals surface area contributed by atoms with Crippen LogP contribution in [0, 0.1) is 11.6 Å². The molecule has 1 aliphatic heterocycles. The highest BCUT2D eigenvalue weighted by Gasteiger charge is 2.46. The fourth-order valence-corrected chi connectivity index (χ4v) is 4.25. The number of methoxy groups -OCH3 is 1. The van der Waals surface area contributed by atoms with Crippen molar-refractivity contribution in [2.24, 2.45) is 0 Å². The average Bonchev–Trinajstić information content (AvgIpc) is 3.18. The highest BCUT2D eigenvalue weighted by molar-refractivity contribution is 6.05. The number of nitrogens with zero attached hydrogens (tertiary/aromatic N) is 1. The van der Waals surface area contributed by atoms with E-state index < -0.39 is 71.8 Å². The Morgan fingerprint density at radius 1 is 1.08 bits per heavy atom. The van der Waals surface area contributed by atoms with Crippen molar-refractivity contribution in [1.82, 2.24) is 10.3 Å². The predicted octanol–water partition coefficient (Wildman–Crippen LogP) is 2.98. The van der Waals surface area contributed by atoms with Crippen molar-refractivity contribution in [3.05, 3.63) is 87.3 Å². The molecule has 3 aromatic rings. The molecule has 1 saturated heterocycles. The minimum atomic E-state index is -4.95. The van der Waals surface area contributed by atoms with Gasteiger partial charge in [-0.3, -0.25) is 14.4 Å². The number of pyridine rings is 1. The highest BCUT2D eigenvalue weighted by atomic mass is 19.4. The van der Waals surface area contributed by atoms with Crippen molar-refractivity contribution in [2.75, 3.05) is 18.6 Å². The van der Waals surface area contributed by atoms with E-state index in [1.54, 1.807) is 0 Å². The molecule has 0 unspecified atom stereocenters. The number of halogens is 5. The number of alkyl halides is 3. The number of benzene rings is 2. The van der Waals surface area contributed by atoms with Gasteiger partial charge in [-0.05, 0) is 36.4 Å². The zero-order chi connectivity index (χ0) is 28.5. The molecule has 39 heavy (non-hydrogen) atoms. The summed E-state index contributed by atoms with van der Waals surface area (Å²) in [4.78, 5) is 42.2. The summed E-state index contributed by atoms with van der Waals surface area (Å²) < 4.78 is 76.0. The van der Waals surface area contributed by atoms with E-state index in [9.17, 15) is 32.7 Å². The fourth-order valence-electron chi connectivity index (χ4n) is 4.25. The van der Waals surface area contributed by atoms with Gasteiger partial charge < -0.3 is 29.8 Å². The van der Waals surface area contributed by atoms with Crippen LogP contribution >= 0.6 is 0 Å². The van der Waals surface area contributed by atoms with Crippen LogP contribution in [0.3, 0.4) is 0 Å². The maximum absolute atomic E-state index is 15.0. The van der Waals surface area contributed by atoms with Crippen LogP contribution < -0.4 is 25.2 Å². The standard InChI is InChI=1S/C25H20F5N3O6/c1-38-15-8-17(26)20(18(27)9-15)16-10-33(19-7-4-13(11-34)31-23(19)36)24(37)21(16)32-22(35)12-2-5-14(6-3-12)39-25(28,29)30/h2-9,16,21,34H,10-11H2,1H3,(H,31,36)(H,32,35)/t16-,21-/m0/s1. The number of nitrogens with one attached hydrogen (secondary N) is 2. The number of aromatic nitrogens is 1. The molecule has 2 atom stereocenters. The third-order valence-electron chi connectivity index (χ3n) is 6.02. The van der Waals surface area contributed by atoms with E-state index in [1.807, 2.05) is 0 Å². The first-order chi connectivity index (χ1) is 18.4. The van der Waals surface area contributed by atoms with Crippen molar-refractivity contribution >= 4 is 17.5 Å². The molecule has 4 rings (SSSR count). The van der Waals surface area contributed by atoms with Crippen molar-refractivity contribution < 1.29 is 46.1 Å². The Bertz CT molecular complexity index is 1430. The zero-order valence-corrected chi connectivity index (χ0v) is 20.0. The fraction of sp³-hybridized carbons (Fsp3) is 0.240. The third kappa shape index (κ3) is 5.85. The minimum absolute atomic E-state index is 0.132. The van der Waals surface area contributed by atoms with Crippen LogP contribution in [-0.2, 0) is 11.4 Å². The number of hydrogen-bond acceptors (Lipinski definition) is 6. The summed E-state index contributed by atoms with van der Waals surface area (Å²) in [6, 6.07) is 6.58. The number of carbonyl (C=O) groups is 2. The first-order valence-corrected chi connectivity index (χ1v) is 11.3. The SMILES string of the molecule is COc1cc(F)c([C@@H]2CN(c3ccc(CO)[nH]c3=O)C(=O)[C@H]2NC(=O)c2ccc(OC(F)(F)F)cc2)c(F)c1. The molecule has 0 bridgehead atoms. The lowest BCUT2D eigenvalue weighted by molar-refractivity contribution is -0.274. The lowest BCUT2D eigenvalue weighted by atomic mass is 9.92. The van der Waals surface area contributed by atoms with Crippen molar-refractivity contribution in [1.29, 1.82) is 0 Å². The lowest BCUT2D eigenvalue weighted by Gasteiger charge is -2.20. The summed E-state index contributed by atoms with van der Waals surface area (Å²) in [5.41, 5.74) is -1.52. The number of aliphatic hydroxyl groups excluding tert-OH is 1. The molecule has 0 saturated carbocycles. The zero-order valence-electron chi connectivity index (χ0n) is 20.0. The second-order valence-corrected chi connectivity index (χ2v) is 8.44. The molecule has 1 aromatic heterocycles. The van der Waals surface area contributed by atoms with Gasteiger partial charge in [0.15, 0.2) is 0 Å². The van der Waals surface area contributed by atoms with Crippen LogP contribution in [0.15, 0.2) is 53.3 Å². The Kier molecular flexibility index (Phi) is 7.58. The summed E-state index contributed by atoms with van der Waals surface area (Å²) in [5.74, 6) is -5.98. The topological polar surface area (TPSA) is 121 Å². The number of anilines is 1. The van der Waals surface area contributed by atoms with Crippen LogP contribution in [0.1, 0.15) is 27.5 Å². The van der Waals surface area contributed by atoms with Crippen LogP contribution in [0.2, 0.25) is 0 Å². The number of ether oxygens (including phenoxy) is 2. The number of rotatable bonds is 7. The molecular formula is C25H20F5N3O6. The van der Waals surface area contributed by atoms with Gasteiger partial charge in [-0.25, -0.2) is 8.78 Å². The second-order valence-electron chi connectivity index (χ2n) is 8.44. The van der Waals surface area contributed by atoms with Crippen molar-refractivity contribution in [3.8, 4) is 11.5 Å². The number of carbonyl (C=O) groups excluding carboxylic acids is 2. The highest BCUT2D eigenvalue weighted by Crippen LogP contribution is 2.36. The summed E-state index contributed by atoms with van der Waals surface area (Å²) in [7, 11) is 1.20. The van der Waals surface area contributed by atoms with Gasteiger partial charge in [-0.2, -0.15) is 0 Å². The summed E-state index contributed by atoms with van der Waals surface area (Å²) in [6.07, 6.45) is -4.95. The van der Waals surface area contributed by atoms with E-state index in [-0.39, 0.29) is 22.7 Å². The van der Waals surface area contributed by atoms with Crippen LogP contribution in [0.4, 0.5) is 27.6 Å². The van der Waals surface area contributed by atoms with E-state index in [4.69, 9.17) is 4.74 Å². The van der Waals surface area contributed by atoms with Crippen molar-refractivity contribution in [2.45, 2.75) is 24.9 Å². The number of H-pyrrole nitrogens is 1. The first kappa shape index (κ1) is 27.6. The van der Waals surface area contributed by atoms with Gasteiger partial charge in [0.1, 0.15) is 34.9 Å². The van der Waals surface area contributed by atoms with Gasteiger partial charge in [0, 0.05) is 41.4 Å². The minimum Gasteiger partial charge on any atom is -0.497 e. The molecule has 1 aliphatic rings. The van der Waals surface area contributed by atoms with Gasteiger partial charge in [-0.15, -0.1) is 13.2 Å². The molecule has 0 spiro atoms. The summed E-state index contributed by atoms with van der Waals surface area (Å²) in [5, 5.41) is 11.6. The van der Waals surface area contributed by atoms with E-state index in [0.29, 0.717) is 0 Å². The second kappa shape index (κ2) is 10.7. The van der Waals surface area contributed by atoms with E-state index in [2.05, 4.69) is 15.0 Å². The maximum atomic E-state index is 15.0. The molecule has 2 heterocycles. The van der Waals surface area contributed by atoms with Gasteiger partial charge in [0.2, 0.25) is 5.91 Å². The maximum Gasteiger partial charge on any atom is 0.573 e. The number of amides is 2. The van der Waals surface area contributed by atoms with E-state index in [0.717, 1.165) is 41.3 Å². The third-order valence-corrected chi connectivity index (χ3v) is 6.02. The van der Waals surface area contributed by atoms with Crippen LogP contribution in [0.5, 0.6) is 11.5 Å².